The van der Waals surface area contributed by atoms with Crippen LogP contribution in [0.25, 0.3) is 5.69 Å². The molecule has 2 heterocycles. The predicted molar refractivity (Wildman–Crippen MR) is 126 cm³/mol. The summed E-state index contributed by atoms with van der Waals surface area (Å²) in [4.78, 5) is 25.2. The molecule has 0 bridgehead atoms. The second-order valence-corrected chi connectivity index (χ2v) is 9.74. The minimum atomic E-state index is -3.39. The van der Waals surface area contributed by atoms with Gasteiger partial charge in [0.05, 0.1) is 30.4 Å². The number of anilines is 1. The molecule has 0 amide bonds. The maximum Gasteiger partial charge on any atom is 0.362 e. The zero-order valence-corrected chi connectivity index (χ0v) is 19.7. The van der Waals surface area contributed by atoms with Crippen molar-refractivity contribution in [3.8, 4) is 11.4 Å². The van der Waals surface area contributed by atoms with Gasteiger partial charge in [-0.05, 0) is 55.7 Å². The van der Waals surface area contributed by atoms with E-state index in [9.17, 15) is 18.0 Å². The number of fused-ring (bicyclic) bond motifs is 1. The Bertz CT molecular complexity index is 1320. The normalized spacial score (nSPS) is 13.3. The van der Waals surface area contributed by atoms with Crippen LogP contribution in [0.15, 0.2) is 54.7 Å². The van der Waals surface area contributed by atoms with Gasteiger partial charge in [-0.15, -0.1) is 0 Å². The lowest BCUT2D eigenvalue weighted by atomic mass is 9.99. The number of benzene rings is 2. The van der Waals surface area contributed by atoms with Crippen molar-refractivity contribution < 1.29 is 27.5 Å². The molecule has 1 aliphatic rings. The Balaban J connectivity index is 1.55. The van der Waals surface area contributed by atoms with E-state index in [1.807, 2.05) is 30.3 Å². The third-order valence-electron chi connectivity index (χ3n) is 5.41. The van der Waals surface area contributed by atoms with Gasteiger partial charge in [0, 0.05) is 12.1 Å². The lowest BCUT2D eigenvalue weighted by molar-refractivity contribution is 0.0513. The summed E-state index contributed by atoms with van der Waals surface area (Å²) in [6.07, 6.45) is 4.06. The number of hydrogen-bond acceptors (Lipinski definition) is 7. The van der Waals surface area contributed by atoms with Crippen molar-refractivity contribution in [2.75, 3.05) is 30.3 Å². The highest BCUT2D eigenvalue weighted by atomic mass is 32.2. The number of carbonyl (C=O) groups is 2. The van der Waals surface area contributed by atoms with Crippen LogP contribution in [0.3, 0.4) is 0 Å². The molecule has 1 aromatic heterocycles. The number of Topliss-reactive ketones (excluding diaryl/α,β-unsaturated/α-hetero) is 1. The van der Waals surface area contributed by atoms with Gasteiger partial charge >= 0.3 is 5.97 Å². The number of ether oxygens (including phenoxy) is 2. The first kappa shape index (κ1) is 23.5. The molecule has 0 fully saturated rings. The van der Waals surface area contributed by atoms with E-state index in [2.05, 4.69) is 5.10 Å². The van der Waals surface area contributed by atoms with Gasteiger partial charge in [-0.3, -0.25) is 9.10 Å². The van der Waals surface area contributed by atoms with Gasteiger partial charge in [0.1, 0.15) is 0 Å². The Labute approximate surface area is 198 Å². The molecular formula is C24H25N3O6S. The fraction of sp³-hybridized carbons (Fsp3) is 0.292. The number of nitrogens with zero attached hydrogens (tertiary/aromatic N) is 3. The predicted octanol–water partition coefficient (Wildman–Crippen LogP) is 3.02. The quantitative estimate of drug-likeness (QED) is 0.358. The Morgan fingerprint density at radius 3 is 2.59 bits per heavy atom. The van der Waals surface area contributed by atoms with E-state index in [0.29, 0.717) is 30.6 Å². The molecule has 0 saturated carbocycles. The Morgan fingerprint density at radius 2 is 1.88 bits per heavy atom. The molecule has 0 radical (unpaired) electrons. The van der Waals surface area contributed by atoms with Crippen molar-refractivity contribution in [2.45, 2.75) is 19.8 Å². The highest BCUT2D eigenvalue weighted by Crippen LogP contribution is 2.30. The molecule has 1 aliphatic heterocycles. The molecule has 34 heavy (non-hydrogen) atoms. The smallest absolute Gasteiger partial charge is 0.362 e. The molecule has 4 rings (SSSR count). The van der Waals surface area contributed by atoms with Gasteiger partial charge in [-0.1, -0.05) is 18.2 Å². The van der Waals surface area contributed by atoms with Crippen molar-refractivity contribution in [2.24, 2.45) is 0 Å². The lowest BCUT2D eigenvalue weighted by Gasteiger charge is -2.29. The second-order valence-electron chi connectivity index (χ2n) is 7.84. The first-order valence-corrected chi connectivity index (χ1v) is 12.7. The molecule has 9 nitrogen and oxygen atoms in total. The number of para-hydroxylation sites is 1. The van der Waals surface area contributed by atoms with Crippen LogP contribution < -0.4 is 9.04 Å². The number of hydrogen-bond donors (Lipinski definition) is 0. The van der Waals surface area contributed by atoms with Crippen LogP contribution in [-0.4, -0.2) is 56.0 Å². The summed E-state index contributed by atoms with van der Waals surface area (Å²) in [6, 6.07) is 14.1. The van der Waals surface area contributed by atoms with Gasteiger partial charge in [0.2, 0.25) is 15.7 Å². The van der Waals surface area contributed by atoms with E-state index in [4.69, 9.17) is 9.47 Å². The SMILES string of the molecule is CCOC(=O)c1nn(-c2ccccc2)cc1OCC(=O)c1ccc2c(c1)CCCN2S(C)(=O)=O. The molecule has 0 saturated heterocycles. The van der Waals surface area contributed by atoms with Gasteiger partial charge in [0.15, 0.2) is 18.1 Å². The highest BCUT2D eigenvalue weighted by molar-refractivity contribution is 7.92. The van der Waals surface area contributed by atoms with Crippen molar-refractivity contribution >= 4 is 27.5 Å². The molecule has 3 aromatic rings. The summed E-state index contributed by atoms with van der Waals surface area (Å²) < 4.78 is 37.7. The fourth-order valence-electron chi connectivity index (χ4n) is 3.82. The van der Waals surface area contributed by atoms with Gasteiger partial charge < -0.3 is 9.47 Å². The maximum atomic E-state index is 12.9. The van der Waals surface area contributed by atoms with E-state index < -0.39 is 16.0 Å². The average Bonchev–Trinajstić information content (AvgIpc) is 3.26. The van der Waals surface area contributed by atoms with E-state index in [1.54, 1.807) is 25.1 Å². The Kier molecular flexibility index (Phi) is 6.69. The van der Waals surface area contributed by atoms with Crippen molar-refractivity contribution in [1.29, 1.82) is 0 Å². The zero-order valence-electron chi connectivity index (χ0n) is 18.9. The number of esters is 1. The monoisotopic (exact) mass is 483 g/mol. The van der Waals surface area contributed by atoms with Crippen LogP contribution in [0.5, 0.6) is 5.75 Å². The molecule has 0 spiro atoms. The van der Waals surface area contributed by atoms with Crippen LogP contribution in [0.2, 0.25) is 0 Å². The minimum Gasteiger partial charge on any atom is -0.481 e. The first-order valence-electron chi connectivity index (χ1n) is 10.9. The van der Waals surface area contributed by atoms with E-state index in [0.717, 1.165) is 11.3 Å². The maximum absolute atomic E-state index is 12.9. The molecule has 0 atom stereocenters. The number of aryl methyl sites for hydroxylation is 1. The van der Waals surface area contributed by atoms with Gasteiger partial charge in [-0.2, -0.15) is 5.10 Å². The first-order chi connectivity index (χ1) is 16.3. The summed E-state index contributed by atoms with van der Waals surface area (Å²) in [5, 5.41) is 4.28. The number of carbonyl (C=O) groups excluding carboxylic acids is 2. The molecule has 0 unspecified atom stereocenters. The molecular weight excluding hydrogens is 458 g/mol. The molecule has 2 aromatic carbocycles. The van der Waals surface area contributed by atoms with Crippen LogP contribution in [0.4, 0.5) is 5.69 Å². The van der Waals surface area contributed by atoms with Crippen LogP contribution in [0, 0.1) is 0 Å². The summed E-state index contributed by atoms with van der Waals surface area (Å²) in [5.74, 6) is -0.812. The van der Waals surface area contributed by atoms with Crippen LogP contribution in [0.1, 0.15) is 39.8 Å². The number of sulfonamides is 1. The largest absolute Gasteiger partial charge is 0.481 e. The zero-order chi connectivity index (χ0) is 24.3. The topological polar surface area (TPSA) is 108 Å². The van der Waals surface area contributed by atoms with Crippen molar-refractivity contribution in [3.05, 3.63) is 71.5 Å². The lowest BCUT2D eigenvalue weighted by Crippen LogP contribution is -2.34. The Morgan fingerprint density at radius 1 is 1.12 bits per heavy atom. The summed E-state index contributed by atoms with van der Waals surface area (Å²) in [6.45, 7) is 1.97. The summed E-state index contributed by atoms with van der Waals surface area (Å²) in [7, 11) is -3.39. The van der Waals surface area contributed by atoms with Gasteiger partial charge in [0.25, 0.3) is 0 Å². The third kappa shape index (κ3) is 4.96. The second kappa shape index (κ2) is 9.68. The number of rotatable bonds is 8. The van der Waals surface area contributed by atoms with E-state index in [-0.39, 0.29) is 30.4 Å². The number of aromatic nitrogens is 2. The van der Waals surface area contributed by atoms with Crippen LogP contribution in [-0.2, 0) is 21.2 Å². The van der Waals surface area contributed by atoms with E-state index >= 15 is 0 Å². The summed E-state index contributed by atoms with van der Waals surface area (Å²) >= 11 is 0. The standard InChI is InChI=1S/C24H25N3O6S/c1-3-32-24(29)23-22(15-26(25-23)19-9-5-4-6-10-19)33-16-21(28)18-11-12-20-17(14-18)8-7-13-27(20)34(2,30)31/h4-6,9-12,14-15H,3,7-8,13,16H2,1-2H3. The number of ketones is 1. The molecule has 0 N–H and O–H groups in total. The molecule has 10 heteroatoms. The van der Waals surface area contributed by atoms with Crippen molar-refractivity contribution in [3.63, 3.8) is 0 Å². The molecule has 0 aliphatic carbocycles. The third-order valence-corrected chi connectivity index (χ3v) is 6.59. The van der Waals surface area contributed by atoms with Crippen molar-refractivity contribution in [1.82, 2.24) is 9.78 Å². The van der Waals surface area contributed by atoms with Crippen LogP contribution >= 0.6 is 0 Å². The fourth-order valence-corrected chi connectivity index (χ4v) is 4.82. The Hall–Kier alpha value is -3.66. The minimum absolute atomic E-state index is 0.0206. The molecule has 178 valence electrons. The van der Waals surface area contributed by atoms with Gasteiger partial charge in [-0.25, -0.2) is 17.9 Å². The average molecular weight is 484 g/mol. The highest BCUT2D eigenvalue weighted by Gasteiger charge is 2.25. The van der Waals surface area contributed by atoms with E-state index in [1.165, 1.54) is 21.4 Å². The summed E-state index contributed by atoms with van der Waals surface area (Å²) in [5.41, 5.74) is 2.50.